The molecule has 0 radical (unpaired) electrons. The van der Waals surface area contributed by atoms with Crippen molar-refractivity contribution in [3.05, 3.63) is 58.6 Å². The standard InChI is InChI=1S/C18H22ClN3O/c1-13-12-14(4-9-17(13)20-10-11-22(2)3)18(23)21-16-7-5-15(19)6-8-16/h4-9,12,20H,10-11H2,1-3H3,(H,21,23). The summed E-state index contributed by atoms with van der Waals surface area (Å²) in [5.74, 6) is -0.129. The molecule has 0 aromatic heterocycles. The van der Waals surface area contributed by atoms with Crippen LogP contribution in [-0.2, 0) is 0 Å². The van der Waals surface area contributed by atoms with E-state index < -0.39 is 0 Å². The molecule has 0 aliphatic heterocycles. The summed E-state index contributed by atoms with van der Waals surface area (Å²) in [6.45, 7) is 3.82. The van der Waals surface area contributed by atoms with Gasteiger partial charge in [-0.25, -0.2) is 0 Å². The Morgan fingerprint density at radius 2 is 1.83 bits per heavy atom. The minimum atomic E-state index is -0.129. The van der Waals surface area contributed by atoms with Crippen molar-refractivity contribution in [3.8, 4) is 0 Å². The maximum atomic E-state index is 12.3. The zero-order valence-electron chi connectivity index (χ0n) is 13.7. The highest BCUT2D eigenvalue weighted by Crippen LogP contribution is 2.18. The summed E-state index contributed by atoms with van der Waals surface area (Å²) < 4.78 is 0. The third kappa shape index (κ3) is 5.27. The van der Waals surface area contributed by atoms with E-state index in [-0.39, 0.29) is 5.91 Å². The number of anilines is 2. The van der Waals surface area contributed by atoms with E-state index in [1.165, 1.54) is 0 Å². The molecule has 0 atom stereocenters. The smallest absolute Gasteiger partial charge is 0.255 e. The van der Waals surface area contributed by atoms with Crippen LogP contribution in [0.4, 0.5) is 11.4 Å². The number of likely N-dealkylation sites (N-methyl/N-ethyl adjacent to an activating group) is 1. The van der Waals surface area contributed by atoms with Gasteiger partial charge < -0.3 is 15.5 Å². The van der Waals surface area contributed by atoms with Crippen molar-refractivity contribution in [2.24, 2.45) is 0 Å². The van der Waals surface area contributed by atoms with Crippen LogP contribution in [0, 0.1) is 6.92 Å². The van der Waals surface area contributed by atoms with Crippen molar-refractivity contribution >= 4 is 28.9 Å². The van der Waals surface area contributed by atoms with Gasteiger partial charge in [-0.1, -0.05) is 11.6 Å². The second-order valence-electron chi connectivity index (χ2n) is 5.72. The monoisotopic (exact) mass is 331 g/mol. The van der Waals surface area contributed by atoms with Crippen LogP contribution in [0.25, 0.3) is 0 Å². The Bertz CT molecular complexity index is 668. The molecule has 0 unspecified atom stereocenters. The van der Waals surface area contributed by atoms with Gasteiger partial charge in [-0.3, -0.25) is 4.79 Å². The van der Waals surface area contributed by atoms with E-state index in [0.717, 1.165) is 30.0 Å². The molecular formula is C18H22ClN3O. The van der Waals surface area contributed by atoms with Gasteiger partial charge in [-0.15, -0.1) is 0 Å². The number of benzene rings is 2. The number of rotatable bonds is 6. The molecule has 5 heteroatoms. The van der Waals surface area contributed by atoms with Crippen LogP contribution in [0.5, 0.6) is 0 Å². The number of hydrogen-bond donors (Lipinski definition) is 2. The lowest BCUT2D eigenvalue weighted by Crippen LogP contribution is -2.21. The molecule has 0 aliphatic rings. The van der Waals surface area contributed by atoms with Crippen molar-refractivity contribution in [2.45, 2.75) is 6.92 Å². The number of hydrogen-bond acceptors (Lipinski definition) is 3. The maximum Gasteiger partial charge on any atom is 0.255 e. The molecule has 122 valence electrons. The Balaban J connectivity index is 2.01. The quantitative estimate of drug-likeness (QED) is 0.844. The fourth-order valence-electron chi connectivity index (χ4n) is 2.15. The Morgan fingerprint density at radius 3 is 2.43 bits per heavy atom. The number of halogens is 1. The van der Waals surface area contributed by atoms with Crippen molar-refractivity contribution in [1.82, 2.24) is 4.90 Å². The number of aryl methyl sites for hydroxylation is 1. The topological polar surface area (TPSA) is 44.4 Å². The molecule has 0 aliphatic carbocycles. The first kappa shape index (κ1) is 17.3. The van der Waals surface area contributed by atoms with E-state index >= 15 is 0 Å². The van der Waals surface area contributed by atoms with Gasteiger partial charge in [0.2, 0.25) is 0 Å². The largest absolute Gasteiger partial charge is 0.384 e. The molecule has 0 heterocycles. The van der Waals surface area contributed by atoms with Gasteiger partial charge in [0.1, 0.15) is 0 Å². The number of nitrogens with one attached hydrogen (secondary N) is 2. The van der Waals surface area contributed by atoms with Crippen molar-refractivity contribution < 1.29 is 4.79 Å². The van der Waals surface area contributed by atoms with Crippen molar-refractivity contribution in [2.75, 3.05) is 37.8 Å². The van der Waals surface area contributed by atoms with Gasteiger partial charge in [0.25, 0.3) is 5.91 Å². The zero-order chi connectivity index (χ0) is 16.8. The van der Waals surface area contributed by atoms with E-state index in [4.69, 9.17) is 11.6 Å². The molecule has 2 aromatic rings. The average molecular weight is 332 g/mol. The van der Waals surface area contributed by atoms with Crippen LogP contribution < -0.4 is 10.6 Å². The molecule has 1 amide bonds. The molecule has 2 aromatic carbocycles. The van der Waals surface area contributed by atoms with Gasteiger partial charge in [-0.2, -0.15) is 0 Å². The number of carbonyl (C=O) groups excluding carboxylic acids is 1. The second-order valence-corrected chi connectivity index (χ2v) is 6.16. The molecule has 2 N–H and O–H groups in total. The molecule has 2 rings (SSSR count). The summed E-state index contributed by atoms with van der Waals surface area (Å²) >= 11 is 5.84. The Morgan fingerprint density at radius 1 is 1.13 bits per heavy atom. The molecule has 0 fully saturated rings. The van der Waals surface area contributed by atoms with Gasteiger partial charge >= 0.3 is 0 Å². The van der Waals surface area contributed by atoms with Crippen LogP contribution in [0.1, 0.15) is 15.9 Å². The number of amides is 1. The highest BCUT2D eigenvalue weighted by Gasteiger charge is 2.08. The number of carbonyl (C=O) groups is 1. The normalized spacial score (nSPS) is 10.7. The van der Waals surface area contributed by atoms with E-state index in [0.29, 0.717) is 10.6 Å². The lowest BCUT2D eigenvalue weighted by atomic mass is 10.1. The highest BCUT2D eigenvalue weighted by molar-refractivity contribution is 6.30. The van der Waals surface area contributed by atoms with Crippen LogP contribution in [0.15, 0.2) is 42.5 Å². The minimum absolute atomic E-state index is 0.129. The lowest BCUT2D eigenvalue weighted by Gasteiger charge is -2.14. The second kappa shape index (κ2) is 7.99. The lowest BCUT2D eigenvalue weighted by molar-refractivity contribution is 0.102. The molecule has 4 nitrogen and oxygen atoms in total. The van der Waals surface area contributed by atoms with E-state index in [9.17, 15) is 4.79 Å². The fourth-order valence-corrected chi connectivity index (χ4v) is 2.28. The minimum Gasteiger partial charge on any atom is -0.384 e. The van der Waals surface area contributed by atoms with E-state index in [1.54, 1.807) is 24.3 Å². The first-order chi connectivity index (χ1) is 11.0. The summed E-state index contributed by atoms with van der Waals surface area (Å²) in [5, 5.41) is 6.89. The average Bonchev–Trinajstić information content (AvgIpc) is 2.50. The zero-order valence-corrected chi connectivity index (χ0v) is 14.4. The SMILES string of the molecule is Cc1cc(C(=O)Nc2ccc(Cl)cc2)ccc1NCCN(C)C. The van der Waals surface area contributed by atoms with Gasteiger partial charge in [0.15, 0.2) is 0 Å². The van der Waals surface area contributed by atoms with Crippen LogP contribution >= 0.6 is 11.6 Å². The summed E-state index contributed by atoms with van der Waals surface area (Å²) in [4.78, 5) is 14.4. The Hall–Kier alpha value is -2.04. The van der Waals surface area contributed by atoms with Crippen molar-refractivity contribution in [3.63, 3.8) is 0 Å². The molecule has 0 saturated carbocycles. The fraction of sp³-hybridized carbons (Fsp3) is 0.278. The first-order valence-corrected chi connectivity index (χ1v) is 7.89. The third-order valence-corrected chi connectivity index (χ3v) is 3.72. The van der Waals surface area contributed by atoms with Gasteiger partial charge in [0.05, 0.1) is 0 Å². The van der Waals surface area contributed by atoms with E-state index in [1.807, 2.05) is 39.2 Å². The maximum absolute atomic E-state index is 12.3. The third-order valence-electron chi connectivity index (χ3n) is 3.47. The summed E-state index contributed by atoms with van der Waals surface area (Å²) in [6, 6.07) is 12.7. The van der Waals surface area contributed by atoms with Crippen LogP contribution in [0.2, 0.25) is 5.02 Å². The van der Waals surface area contributed by atoms with E-state index in [2.05, 4.69) is 15.5 Å². The Kier molecular flexibility index (Phi) is 6.02. The first-order valence-electron chi connectivity index (χ1n) is 7.52. The molecule has 0 spiro atoms. The van der Waals surface area contributed by atoms with Crippen LogP contribution in [0.3, 0.4) is 0 Å². The summed E-state index contributed by atoms with van der Waals surface area (Å²) in [7, 11) is 4.08. The molecular weight excluding hydrogens is 310 g/mol. The van der Waals surface area contributed by atoms with Crippen molar-refractivity contribution in [1.29, 1.82) is 0 Å². The van der Waals surface area contributed by atoms with Crippen LogP contribution in [-0.4, -0.2) is 38.0 Å². The van der Waals surface area contributed by atoms with Gasteiger partial charge in [-0.05, 0) is 69.0 Å². The predicted molar refractivity (Wildman–Crippen MR) is 97.6 cm³/mol. The highest BCUT2D eigenvalue weighted by atomic mass is 35.5. The predicted octanol–water partition coefficient (Wildman–Crippen LogP) is 3.87. The molecule has 23 heavy (non-hydrogen) atoms. The summed E-state index contributed by atoms with van der Waals surface area (Å²) in [6.07, 6.45) is 0. The van der Waals surface area contributed by atoms with Gasteiger partial charge in [0, 0.05) is 35.1 Å². The summed E-state index contributed by atoms with van der Waals surface area (Å²) in [5.41, 5.74) is 3.46. The number of nitrogens with zero attached hydrogens (tertiary/aromatic N) is 1. The molecule has 0 bridgehead atoms. The molecule has 0 saturated heterocycles. The Labute approximate surface area is 142 Å².